The Morgan fingerprint density at radius 3 is 2.29 bits per heavy atom. The highest BCUT2D eigenvalue weighted by molar-refractivity contribution is 6.03. The molecule has 0 spiro atoms. The summed E-state index contributed by atoms with van der Waals surface area (Å²) in [5.74, 6) is -1.43. The van der Waals surface area contributed by atoms with Gasteiger partial charge in [0.2, 0.25) is 11.7 Å². The van der Waals surface area contributed by atoms with Gasteiger partial charge in [-0.25, -0.2) is 4.79 Å². The number of allylic oxidation sites excluding steroid dienone is 1. The highest BCUT2D eigenvalue weighted by Gasteiger charge is 2.65. The number of aliphatic hydroxyl groups excluding tert-OH is 2. The predicted molar refractivity (Wildman–Crippen MR) is 267 cm³/mol. The van der Waals surface area contributed by atoms with E-state index in [9.17, 15) is 29.9 Å². The van der Waals surface area contributed by atoms with Crippen LogP contribution in [0.15, 0.2) is 102 Å². The SMILES string of the molecule is C=CCOC12Oc3ccc(OC(=O)NCc4ccccc4)cc3C3C(CCCCO)C(CCCCO)C=C(C(=NOCc4ccc([N+](=O)[O-])cc4)CC1N(C)C(=O)CCCCCCCCCCC)C32. The smallest absolute Gasteiger partial charge is 0.412 e. The fourth-order valence-electron chi connectivity index (χ4n) is 10.5. The van der Waals surface area contributed by atoms with Crippen LogP contribution >= 0.6 is 0 Å². The third-order valence-electron chi connectivity index (χ3n) is 14.0. The standard InChI is InChI=1S/C55H74N4O10/c1-4-6-7-8-9-10-11-12-16-25-51(62)58(3)50-37-48(57-67-39-41-26-28-43(29-27-41)59(64)65)46-35-42(23-17-19-32-60)45(24-18-20-33-61)52-47-36-44(68-54(63)56-38-40-21-14-13-15-22-40)30-31-49(47)69-55(50,53(46)52)66-34-5-2/h5,13-15,21-22,26-31,35-36,42,45,50,52-53,60-61H,2,4,6-12,16-20,23-25,32-34,37-39H2,1,3H3,(H,56,63). The van der Waals surface area contributed by atoms with Crippen molar-refractivity contribution < 1.29 is 43.8 Å². The predicted octanol–water partition coefficient (Wildman–Crippen LogP) is 11.1. The first-order chi connectivity index (χ1) is 33.6. The molecular weight excluding hydrogens is 877 g/mol. The van der Waals surface area contributed by atoms with Gasteiger partial charge in [-0.15, -0.1) is 6.58 Å². The van der Waals surface area contributed by atoms with Gasteiger partial charge in [-0.1, -0.05) is 119 Å². The minimum absolute atomic E-state index is 0.00396. The number of aliphatic hydroxyl groups is 2. The zero-order valence-corrected chi connectivity index (χ0v) is 40.7. The monoisotopic (exact) mass is 951 g/mol. The number of nitro groups is 1. The first-order valence-electron chi connectivity index (χ1n) is 25.3. The number of likely N-dealkylation sites (N-methyl/N-ethyl adjacent to an activating group) is 1. The summed E-state index contributed by atoms with van der Waals surface area (Å²) in [7, 11) is 1.82. The largest absolute Gasteiger partial charge is 0.459 e. The van der Waals surface area contributed by atoms with E-state index >= 15 is 0 Å². The van der Waals surface area contributed by atoms with Crippen molar-refractivity contribution in [3.8, 4) is 11.5 Å². The van der Waals surface area contributed by atoms with Crippen LogP contribution in [0.4, 0.5) is 10.5 Å². The Morgan fingerprint density at radius 1 is 0.913 bits per heavy atom. The Morgan fingerprint density at radius 2 is 1.61 bits per heavy atom. The second-order valence-corrected chi connectivity index (χ2v) is 18.8. The van der Waals surface area contributed by atoms with Gasteiger partial charge >= 0.3 is 6.09 Å². The summed E-state index contributed by atoms with van der Waals surface area (Å²) >= 11 is 0. The van der Waals surface area contributed by atoms with Gasteiger partial charge < -0.3 is 39.5 Å². The van der Waals surface area contributed by atoms with Crippen molar-refractivity contribution >= 4 is 23.4 Å². The fourth-order valence-corrected chi connectivity index (χ4v) is 10.5. The Balaban J connectivity index is 1.41. The quantitative estimate of drug-likeness (QED) is 0.0262. The van der Waals surface area contributed by atoms with Crippen LogP contribution in [0.1, 0.15) is 139 Å². The van der Waals surface area contributed by atoms with E-state index in [1.54, 1.807) is 29.2 Å². The van der Waals surface area contributed by atoms with E-state index in [4.69, 9.17) is 24.2 Å². The number of benzene rings is 3. The van der Waals surface area contributed by atoms with E-state index in [1.165, 1.54) is 44.2 Å². The molecule has 1 saturated carbocycles. The van der Waals surface area contributed by atoms with Crippen molar-refractivity contribution in [1.29, 1.82) is 0 Å². The molecular formula is C55H74N4O10. The summed E-state index contributed by atoms with van der Waals surface area (Å²) in [6.45, 7) is 6.84. The summed E-state index contributed by atoms with van der Waals surface area (Å²) in [6.07, 6.45) is 18.4. The number of fused-ring (bicyclic) bond motifs is 2. The number of unbranched alkanes of at least 4 members (excludes halogenated alkanes) is 10. The summed E-state index contributed by atoms with van der Waals surface area (Å²) in [5, 5.41) is 39.0. The normalized spacial score (nSPS) is 21.8. The summed E-state index contributed by atoms with van der Waals surface area (Å²) in [5.41, 5.74) is 3.94. The topological polar surface area (TPSA) is 182 Å². The minimum atomic E-state index is -1.42. The molecule has 1 aliphatic heterocycles. The molecule has 3 N–H and O–H groups in total. The van der Waals surface area contributed by atoms with Crippen LogP contribution in [0.3, 0.4) is 0 Å². The first-order valence-corrected chi connectivity index (χ1v) is 25.3. The highest BCUT2D eigenvalue weighted by Crippen LogP contribution is 2.62. The van der Waals surface area contributed by atoms with Crippen LogP contribution in [-0.2, 0) is 27.5 Å². The molecule has 6 atom stereocenters. The van der Waals surface area contributed by atoms with Crippen molar-refractivity contribution in [2.45, 2.75) is 147 Å². The van der Waals surface area contributed by atoms with E-state index in [0.717, 1.165) is 68.1 Å². The van der Waals surface area contributed by atoms with Crippen molar-refractivity contribution in [1.82, 2.24) is 10.2 Å². The van der Waals surface area contributed by atoms with Gasteiger partial charge in [0, 0.05) is 63.3 Å². The summed E-state index contributed by atoms with van der Waals surface area (Å²) < 4.78 is 20.3. The number of non-ortho nitro benzene ring substituents is 1. The Kier molecular flexibility index (Phi) is 20.7. The van der Waals surface area contributed by atoms with Gasteiger partial charge in [0.15, 0.2) is 0 Å². The average molecular weight is 951 g/mol. The number of oxime groups is 1. The van der Waals surface area contributed by atoms with Gasteiger partial charge in [0.25, 0.3) is 5.69 Å². The van der Waals surface area contributed by atoms with Crippen LogP contribution < -0.4 is 14.8 Å². The van der Waals surface area contributed by atoms with Gasteiger partial charge in [0.1, 0.15) is 24.1 Å². The molecule has 374 valence electrons. The lowest BCUT2D eigenvalue weighted by atomic mass is 9.55. The lowest BCUT2D eigenvalue weighted by Gasteiger charge is -2.59. The lowest BCUT2D eigenvalue weighted by Crippen LogP contribution is -2.69. The molecule has 2 amide bonds. The van der Waals surface area contributed by atoms with Crippen molar-refractivity contribution in [3.63, 3.8) is 0 Å². The number of amides is 2. The van der Waals surface area contributed by atoms with Crippen LogP contribution in [0.25, 0.3) is 0 Å². The van der Waals surface area contributed by atoms with Crippen molar-refractivity contribution in [2.24, 2.45) is 22.9 Å². The number of carbonyl (C=O) groups excluding carboxylic acids is 2. The molecule has 0 saturated heterocycles. The Bertz CT molecular complexity index is 2180. The third-order valence-corrected chi connectivity index (χ3v) is 14.0. The molecule has 69 heavy (non-hydrogen) atoms. The maximum Gasteiger partial charge on any atom is 0.412 e. The second kappa shape index (κ2) is 27.0. The highest BCUT2D eigenvalue weighted by atomic mass is 16.7. The lowest BCUT2D eigenvalue weighted by molar-refractivity contribution is -0.384. The van der Waals surface area contributed by atoms with Crippen LogP contribution in [0, 0.1) is 27.9 Å². The molecule has 3 aromatic rings. The van der Waals surface area contributed by atoms with Gasteiger partial charge in [-0.05, 0) is 91.0 Å². The average Bonchev–Trinajstić information content (AvgIpc) is 3.36. The first kappa shape index (κ1) is 52.8. The van der Waals surface area contributed by atoms with E-state index < -0.39 is 28.8 Å². The number of rotatable bonds is 29. The summed E-state index contributed by atoms with van der Waals surface area (Å²) in [6, 6.07) is 20.5. The second-order valence-electron chi connectivity index (χ2n) is 18.8. The maximum absolute atomic E-state index is 14.5. The summed E-state index contributed by atoms with van der Waals surface area (Å²) in [4.78, 5) is 46.7. The number of nitrogens with one attached hydrogen (secondary N) is 1. The van der Waals surface area contributed by atoms with Crippen molar-refractivity contribution in [2.75, 3.05) is 26.9 Å². The number of carbonyl (C=O) groups is 2. The fraction of sp³-hybridized carbons (Fsp3) is 0.545. The van der Waals surface area contributed by atoms with Gasteiger partial charge in [-0.2, -0.15) is 0 Å². The number of hydrogen-bond donors (Lipinski definition) is 3. The number of ether oxygens (including phenoxy) is 3. The molecule has 6 rings (SSSR count). The molecule has 6 unspecified atom stereocenters. The molecule has 3 aliphatic rings. The molecule has 14 heteroatoms. The minimum Gasteiger partial charge on any atom is -0.459 e. The molecule has 1 heterocycles. The van der Waals surface area contributed by atoms with Crippen LogP contribution in [0.5, 0.6) is 11.5 Å². The van der Waals surface area contributed by atoms with Crippen molar-refractivity contribution in [3.05, 3.63) is 124 Å². The molecule has 0 bridgehead atoms. The number of nitrogens with zero attached hydrogens (tertiary/aromatic N) is 3. The van der Waals surface area contributed by atoms with E-state index in [-0.39, 0.29) is 62.2 Å². The molecule has 2 aliphatic carbocycles. The van der Waals surface area contributed by atoms with Gasteiger partial charge in [0.05, 0.1) is 23.2 Å². The zero-order chi connectivity index (χ0) is 49.0. The Labute approximate surface area is 408 Å². The van der Waals surface area contributed by atoms with Crippen LogP contribution in [-0.4, -0.2) is 76.4 Å². The molecule has 1 fully saturated rings. The van der Waals surface area contributed by atoms with E-state index in [1.807, 2.05) is 49.5 Å². The van der Waals surface area contributed by atoms with Crippen LogP contribution in [0.2, 0.25) is 0 Å². The maximum atomic E-state index is 14.5. The number of hydrogen-bond acceptors (Lipinski definition) is 11. The molecule has 14 nitrogen and oxygen atoms in total. The third kappa shape index (κ3) is 14.0. The zero-order valence-electron chi connectivity index (χ0n) is 40.7. The van der Waals surface area contributed by atoms with E-state index in [0.29, 0.717) is 48.6 Å². The number of nitro benzene ring substituents is 1. The Hall–Kier alpha value is -5.57. The molecule has 3 aromatic carbocycles. The van der Waals surface area contributed by atoms with E-state index in [2.05, 4.69) is 24.9 Å². The molecule has 0 aromatic heterocycles. The molecule has 0 radical (unpaired) electrons. The van der Waals surface area contributed by atoms with Gasteiger partial charge in [-0.3, -0.25) is 14.9 Å².